The number of nitrogens with zero attached hydrogens (tertiary/aromatic N) is 1. The smallest absolute Gasteiger partial charge is 0.240 e. The van der Waals surface area contributed by atoms with Gasteiger partial charge in [-0.05, 0) is 74.2 Å². The molecule has 0 aliphatic rings. The predicted molar refractivity (Wildman–Crippen MR) is 113 cm³/mol. The maximum absolute atomic E-state index is 12.3. The van der Waals surface area contributed by atoms with Gasteiger partial charge in [0, 0.05) is 0 Å². The van der Waals surface area contributed by atoms with Crippen molar-refractivity contribution in [2.75, 3.05) is 30.3 Å². The van der Waals surface area contributed by atoms with E-state index in [1.165, 1.54) is 0 Å². The first-order valence-corrected chi connectivity index (χ1v) is 10.9. The summed E-state index contributed by atoms with van der Waals surface area (Å²) < 4.78 is 31.1. The van der Waals surface area contributed by atoms with Gasteiger partial charge in [-0.1, -0.05) is 12.1 Å². The molecule has 2 aromatic carbocycles. The van der Waals surface area contributed by atoms with Crippen LogP contribution in [0.5, 0.6) is 5.75 Å². The second kappa shape index (κ2) is 9.10. The predicted octanol–water partition coefficient (Wildman–Crippen LogP) is 2.88. The van der Waals surface area contributed by atoms with Gasteiger partial charge in [-0.2, -0.15) is 0 Å². The molecule has 0 spiro atoms. The summed E-state index contributed by atoms with van der Waals surface area (Å²) in [4.78, 5) is 12.3. The number of amides is 1. The van der Waals surface area contributed by atoms with Gasteiger partial charge in [0.05, 0.1) is 18.5 Å². The van der Waals surface area contributed by atoms with Crippen molar-refractivity contribution in [2.45, 2.75) is 27.7 Å². The normalized spacial score (nSPS) is 11.2. The lowest BCUT2D eigenvalue weighted by atomic mass is 10.1. The number of sulfonamides is 1. The summed E-state index contributed by atoms with van der Waals surface area (Å²) in [6.07, 6.45) is 1.10. The molecule has 1 N–H and O–H groups in total. The Morgan fingerprint density at radius 2 is 1.64 bits per heavy atom. The van der Waals surface area contributed by atoms with E-state index in [-0.39, 0.29) is 19.0 Å². The minimum absolute atomic E-state index is 0.273. The molecule has 0 saturated carbocycles. The molecule has 2 aromatic rings. The molecular formula is C21H28N2O4S. The number of benzene rings is 2. The van der Waals surface area contributed by atoms with E-state index in [0.29, 0.717) is 12.3 Å². The molecule has 0 heterocycles. The van der Waals surface area contributed by atoms with Crippen molar-refractivity contribution in [3.8, 4) is 5.75 Å². The summed E-state index contributed by atoms with van der Waals surface area (Å²) in [5.41, 5.74) is 4.72. The molecule has 0 aliphatic heterocycles. The Kier molecular flexibility index (Phi) is 7.07. The first-order chi connectivity index (χ1) is 13.1. The number of hydrogen-bond acceptors (Lipinski definition) is 4. The number of carbonyl (C=O) groups is 1. The molecule has 152 valence electrons. The highest BCUT2D eigenvalue weighted by Crippen LogP contribution is 2.21. The molecule has 0 fully saturated rings. The summed E-state index contributed by atoms with van der Waals surface area (Å²) in [5.74, 6) is 0.368. The van der Waals surface area contributed by atoms with E-state index < -0.39 is 10.0 Å². The van der Waals surface area contributed by atoms with Crippen LogP contribution in [0.25, 0.3) is 0 Å². The Morgan fingerprint density at radius 3 is 2.21 bits per heavy atom. The maximum Gasteiger partial charge on any atom is 0.240 e. The van der Waals surface area contributed by atoms with Crippen LogP contribution < -0.4 is 14.4 Å². The van der Waals surface area contributed by atoms with Crippen molar-refractivity contribution in [3.63, 3.8) is 0 Å². The van der Waals surface area contributed by atoms with Crippen molar-refractivity contribution in [1.82, 2.24) is 5.32 Å². The molecular weight excluding hydrogens is 376 g/mol. The molecule has 0 unspecified atom stereocenters. The van der Waals surface area contributed by atoms with Crippen LogP contribution in [-0.4, -0.2) is 40.3 Å². The van der Waals surface area contributed by atoms with Crippen LogP contribution in [0, 0.1) is 27.7 Å². The first kappa shape index (κ1) is 21.8. The summed E-state index contributed by atoms with van der Waals surface area (Å²) in [6, 6.07) is 11.2. The summed E-state index contributed by atoms with van der Waals surface area (Å²) in [5, 5.41) is 2.71. The van der Waals surface area contributed by atoms with Gasteiger partial charge in [0.1, 0.15) is 18.9 Å². The van der Waals surface area contributed by atoms with E-state index in [0.717, 1.165) is 38.6 Å². The quantitative estimate of drug-likeness (QED) is 0.687. The van der Waals surface area contributed by atoms with Crippen LogP contribution in [0.4, 0.5) is 5.69 Å². The van der Waals surface area contributed by atoms with E-state index in [1.54, 1.807) is 12.1 Å². The summed E-state index contributed by atoms with van der Waals surface area (Å²) in [6.45, 7) is 8.16. The maximum atomic E-state index is 12.3. The second-order valence-electron chi connectivity index (χ2n) is 7.06. The first-order valence-electron chi connectivity index (χ1n) is 9.09. The molecule has 0 saturated heterocycles. The third-order valence-corrected chi connectivity index (χ3v) is 5.49. The van der Waals surface area contributed by atoms with Gasteiger partial charge in [0.15, 0.2) is 0 Å². The van der Waals surface area contributed by atoms with E-state index in [9.17, 15) is 13.2 Å². The highest BCUT2D eigenvalue weighted by atomic mass is 32.2. The Morgan fingerprint density at radius 1 is 1.00 bits per heavy atom. The zero-order chi connectivity index (χ0) is 20.9. The minimum atomic E-state index is -3.58. The second-order valence-corrected chi connectivity index (χ2v) is 8.97. The third kappa shape index (κ3) is 6.27. The number of rotatable bonds is 8. The van der Waals surface area contributed by atoms with Gasteiger partial charge in [0.25, 0.3) is 0 Å². The molecule has 0 atom stereocenters. The Hall–Kier alpha value is -2.54. The van der Waals surface area contributed by atoms with Crippen molar-refractivity contribution in [2.24, 2.45) is 0 Å². The Labute approximate surface area is 167 Å². The monoisotopic (exact) mass is 404 g/mol. The van der Waals surface area contributed by atoms with E-state index in [2.05, 4.69) is 11.4 Å². The van der Waals surface area contributed by atoms with Crippen molar-refractivity contribution < 1.29 is 17.9 Å². The third-order valence-electron chi connectivity index (χ3n) is 4.35. The van der Waals surface area contributed by atoms with Gasteiger partial charge in [-0.25, -0.2) is 8.42 Å². The average molecular weight is 405 g/mol. The molecule has 0 radical (unpaired) electrons. The van der Waals surface area contributed by atoms with Crippen molar-refractivity contribution in [1.29, 1.82) is 0 Å². The molecule has 6 nitrogen and oxygen atoms in total. The fourth-order valence-electron chi connectivity index (χ4n) is 2.84. The van der Waals surface area contributed by atoms with Gasteiger partial charge < -0.3 is 10.1 Å². The lowest BCUT2D eigenvalue weighted by molar-refractivity contribution is -0.119. The van der Waals surface area contributed by atoms with Crippen LogP contribution in [0.2, 0.25) is 0 Å². The molecule has 0 aliphatic carbocycles. The van der Waals surface area contributed by atoms with E-state index in [1.807, 2.05) is 45.9 Å². The Bertz CT molecular complexity index is 935. The van der Waals surface area contributed by atoms with E-state index >= 15 is 0 Å². The van der Waals surface area contributed by atoms with Gasteiger partial charge in [0.2, 0.25) is 15.9 Å². The van der Waals surface area contributed by atoms with Gasteiger partial charge in [-0.3, -0.25) is 9.10 Å². The number of carbonyl (C=O) groups excluding carboxylic acids is 1. The number of nitrogens with one attached hydrogen (secondary N) is 1. The van der Waals surface area contributed by atoms with Crippen LogP contribution in [-0.2, 0) is 14.8 Å². The van der Waals surface area contributed by atoms with Crippen LogP contribution in [0.1, 0.15) is 22.3 Å². The topological polar surface area (TPSA) is 75.7 Å². The number of ether oxygens (including phenoxy) is 1. The largest absolute Gasteiger partial charge is 0.492 e. The van der Waals surface area contributed by atoms with Crippen LogP contribution in [0.3, 0.4) is 0 Å². The van der Waals surface area contributed by atoms with Gasteiger partial charge in [-0.15, -0.1) is 0 Å². The van der Waals surface area contributed by atoms with Crippen molar-refractivity contribution >= 4 is 21.6 Å². The molecule has 2 rings (SSSR count). The minimum Gasteiger partial charge on any atom is -0.492 e. The highest BCUT2D eigenvalue weighted by Gasteiger charge is 2.21. The van der Waals surface area contributed by atoms with Crippen molar-refractivity contribution in [3.05, 3.63) is 58.7 Å². The van der Waals surface area contributed by atoms with Crippen LogP contribution in [0.15, 0.2) is 36.4 Å². The summed E-state index contributed by atoms with van der Waals surface area (Å²) in [7, 11) is -3.58. The van der Waals surface area contributed by atoms with E-state index in [4.69, 9.17) is 4.74 Å². The fourth-order valence-corrected chi connectivity index (χ4v) is 3.69. The summed E-state index contributed by atoms with van der Waals surface area (Å²) >= 11 is 0. The standard InChI is InChI=1S/C21H28N2O4S/c1-15-10-16(2)12-20(11-15)27-9-8-22-21(24)14-23(28(5,25)26)19-7-6-17(3)18(4)13-19/h6-7,10-13H,8-9,14H2,1-5H3,(H,22,24). The number of aryl methyl sites for hydroxylation is 4. The number of hydrogen-bond donors (Lipinski definition) is 1. The zero-order valence-corrected chi connectivity index (χ0v) is 17.9. The molecule has 28 heavy (non-hydrogen) atoms. The fraction of sp³-hybridized carbons (Fsp3) is 0.381. The SMILES string of the molecule is Cc1cc(C)cc(OCCNC(=O)CN(c2ccc(C)c(C)c2)S(C)(=O)=O)c1. The number of anilines is 1. The molecule has 1 amide bonds. The lowest BCUT2D eigenvalue weighted by Gasteiger charge is -2.22. The highest BCUT2D eigenvalue weighted by molar-refractivity contribution is 7.92. The molecule has 0 aromatic heterocycles. The zero-order valence-electron chi connectivity index (χ0n) is 17.1. The average Bonchev–Trinajstić information content (AvgIpc) is 2.57. The molecule has 7 heteroatoms. The Balaban J connectivity index is 1.94. The van der Waals surface area contributed by atoms with Crippen LogP contribution >= 0.6 is 0 Å². The van der Waals surface area contributed by atoms with Gasteiger partial charge >= 0.3 is 0 Å². The lowest BCUT2D eigenvalue weighted by Crippen LogP contribution is -2.41. The molecule has 0 bridgehead atoms.